The lowest BCUT2D eigenvalue weighted by Gasteiger charge is -2.43. The topological polar surface area (TPSA) is 80.4 Å². The first kappa shape index (κ1) is 15.4. The van der Waals surface area contributed by atoms with E-state index in [0.717, 1.165) is 0 Å². The van der Waals surface area contributed by atoms with Gasteiger partial charge in [-0.1, -0.05) is 19.1 Å². The van der Waals surface area contributed by atoms with Crippen molar-refractivity contribution in [1.82, 2.24) is 0 Å². The van der Waals surface area contributed by atoms with Gasteiger partial charge in [0.05, 0.1) is 17.1 Å². The van der Waals surface area contributed by atoms with Crippen LogP contribution in [0.1, 0.15) is 25.3 Å². The van der Waals surface area contributed by atoms with Crippen molar-refractivity contribution in [3.8, 4) is 0 Å². The zero-order valence-electron chi connectivity index (χ0n) is 11.5. The monoisotopic (exact) mass is 301 g/mol. The first-order valence-corrected chi connectivity index (χ1v) is 8.50. The van der Waals surface area contributed by atoms with Crippen molar-refractivity contribution in [2.75, 3.05) is 18.1 Å². The second kappa shape index (κ2) is 5.09. The molecule has 1 heterocycles. The third-order valence-corrected chi connectivity index (χ3v) is 6.29. The summed E-state index contributed by atoms with van der Waals surface area (Å²) >= 11 is 0. The highest BCUT2D eigenvalue weighted by atomic mass is 32.2. The van der Waals surface area contributed by atoms with Crippen LogP contribution in [0.2, 0.25) is 0 Å². The minimum Gasteiger partial charge on any atom is -0.385 e. The molecule has 6 heteroatoms. The van der Waals surface area contributed by atoms with E-state index in [1.54, 1.807) is 13.0 Å². The van der Waals surface area contributed by atoms with Crippen molar-refractivity contribution in [3.05, 3.63) is 35.6 Å². The van der Waals surface area contributed by atoms with Gasteiger partial charge in [0.25, 0.3) is 0 Å². The van der Waals surface area contributed by atoms with Crippen LogP contribution < -0.4 is 5.73 Å². The molecule has 3 N–H and O–H groups in total. The second-order valence-corrected chi connectivity index (χ2v) is 7.73. The highest BCUT2D eigenvalue weighted by molar-refractivity contribution is 7.91. The SMILES string of the molecule is CCC(O)(c1cccc(F)c1)C1(CN)CCS(=O)(=O)C1. The Labute approximate surface area is 118 Å². The van der Waals surface area contributed by atoms with Crippen LogP contribution in [0.5, 0.6) is 0 Å². The maximum atomic E-state index is 13.4. The molecule has 0 aliphatic carbocycles. The van der Waals surface area contributed by atoms with Crippen LogP contribution >= 0.6 is 0 Å². The first-order valence-electron chi connectivity index (χ1n) is 6.67. The van der Waals surface area contributed by atoms with Gasteiger partial charge in [-0.2, -0.15) is 0 Å². The maximum Gasteiger partial charge on any atom is 0.151 e. The molecule has 1 aliphatic heterocycles. The lowest BCUT2D eigenvalue weighted by molar-refractivity contribution is -0.0781. The van der Waals surface area contributed by atoms with Gasteiger partial charge in [-0.05, 0) is 30.5 Å². The summed E-state index contributed by atoms with van der Waals surface area (Å²) in [6, 6.07) is 5.68. The van der Waals surface area contributed by atoms with Crippen LogP contribution in [-0.2, 0) is 15.4 Å². The van der Waals surface area contributed by atoms with Gasteiger partial charge in [-0.3, -0.25) is 0 Å². The number of benzene rings is 1. The minimum atomic E-state index is -3.21. The van der Waals surface area contributed by atoms with Crippen molar-refractivity contribution < 1.29 is 17.9 Å². The van der Waals surface area contributed by atoms with Crippen LogP contribution in [0.25, 0.3) is 0 Å². The van der Waals surface area contributed by atoms with Crippen molar-refractivity contribution in [2.45, 2.75) is 25.4 Å². The van der Waals surface area contributed by atoms with Crippen molar-refractivity contribution in [2.24, 2.45) is 11.1 Å². The summed E-state index contributed by atoms with van der Waals surface area (Å²) < 4.78 is 37.1. The van der Waals surface area contributed by atoms with Crippen LogP contribution in [-0.4, -0.2) is 31.6 Å². The van der Waals surface area contributed by atoms with Crippen LogP contribution in [0.3, 0.4) is 0 Å². The fraction of sp³-hybridized carbons (Fsp3) is 0.571. The normalized spacial score (nSPS) is 28.2. The van der Waals surface area contributed by atoms with Gasteiger partial charge in [-0.25, -0.2) is 12.8 Å². The van der Waals surface area contributed by atoms with Crippen LogP contribution in [0.15, 0.2) is 24.3 Å². The van der Waals surface area contributed by atoms with E-state index in [2.05, 4.69) is 0 Å². The molecule has 0 spiro atoms. The van der Waals surface area contributed by atoms with Crippen molar-refractivity contribution in [3.63, 3.8) is 0 Å². The quantitative estimate of drug-likeness (QED) is 0.875. The number of aliphatic hydroxyl groups is 1. The highest BCUT2D eigenvalue weighted by Gasteiger charge is 2.55. The zero-order chi connectivity index (χ0) is 15.0. The molecular formula is C14H20FNO3S. The van der Waals surface area contributed by atoms with Gasteiger partial charge in [0.2, 0.25) is 0 Å². The van der Waals surface area contributed by atoms with E-state index in [1.807, 2.05) is 0 Å². The number of nitrogens with two attached hydrogens (primary N) is 1. The number of rotatable bonds is 4. The first-order chi connectivity index (χ1) is 9.28. The van der Waals surface area contributed by atoms with Gasteiger partial charge in [0.15, 0.2) is 9.84 Å². The summed E-state index contributed by atoms with van der Waals surface area (Å²) in [4.78, 5) is 0. The van der Waals surface area contributed by atoms with Crippen LogP contribution in [0.4, 0.5) is 4.39 Å². The predicted molar refractivity (Wildman–Crippen MR) is 75.3 cm³/mol. The van der Waals surface area contributed by atoms with E-state index >= 15 is 0 Å². The minimum absolute atomic E-state index is 0.0157. The summed E-state index contributed by atoms with van der Waals surface area (Å²) in [5.41, 5.74) is 3.81. The standard InChI is InChI=1S/C14H20FNO3S/c1-2-14(17,11-4-3-5-12(15)8-11)13(9-16)6-7-20(18,19)10-13/h3-5,8,17H,2,6-7,9-10,16H2,1H3. The van der Waals surface area contributed by atoms with E-state index in [9.17, 15) is 17.9 Å². The van der Waals surface area contributed by atoms with Gasteiger partial charge >= 0.3 is 0 Å². The average Bonchev–Trinajstić information content (AvgIpc) is 2.75. The molecule has 1 saturated heterocycles. The molecule has 1 aromatic carbocycles. The van der Waals surface area contributed by atoms with E-state index in [-0.39, 0.29) is 24.5 Å². The molecule has 0 aromatic heterocycles. The van der Waals surface area contributed by atoms with Gasteiger partial charge in [0, 0.05) is 12.0 Å². The van der Waals surface area contributed by atoms with E-state index < -0.39 is 26.7 Å². The molecule has 0 radical (unpaired) electrons. The maximum absolute atomic E-state index is 13.4. The predicted octanol–water partition coefficient (Wildman–Crippen LogP) is 1.19. The van der Waals surface area contributed by atoms with E-state index in [4.69, 9.17) is 5.73 Å². The summed E-state index contributed by atoms with van der Waals surface area (Å²) in [6.45, 7) is 1.81. The molecule has 112 valence electrons. The Kier molecular flexibility index (Phi) is 3.92. The lowest BCUT2D eigenvalue weighted by atomic mass is 9.66. The van der Waals surface area contributed by atoms with Gasteiger partial charge < -0.3 is 10.8 Å². The Morgan fingerprint density at radius 3 is 2.65 bits per heavy atom. The summed E-state index contributed by atoms with van der Waals surface area (Å²) in [5.74, 6) is -0.596. The third kappa shape index (κ3) is 2.36. The number of sulfone groups is 1. The lowest BCUT2D eigenvalue weighted by Crippen LogP contribution is -2.51. The number of hydrogen-bond acceptors (Lipinski definition) is 4. The third-order valence-electron chi connectivity index (χ3n) is 4.47. The Balaban J connectivity index is 2.54. The largest absolute Gasteiger partial charge is 0.385 e. The average molecular weight is 301 g/mol. The molecule has 20 heavy (non-hydrogen) atoms. The van der Waals surface area contributed by atoms with E-state index in [1.165, 1.54) is 18.2 Å². The molecule has 0 bridgehead atoms. The van der Waals surface area contributed by atoms with Crippen molar-refractivity contribution >= 4 is 9.84 Å². The molecule has 1 aliphatic rings. The Morgan fingerprint density at radius 1 is 1.50 bits per heavy atom. The molecule has 2 atom stereocenters. The molecule has 2 unspecified atom stereocenters. The molecule has 0 saturated carbocycles. The smallest absolute Gasteiger partial charge is 0.151 e. The second-order valence-electron chi connectivity index (χ2n) is 5.55. The summed E-state index contributed by atoms with van der Waals surface area (Å²) in [7, 11) is -3.21. The Morgan fingerprint density at radius 2 is 2.20 bits per heavy atom. The number of hydrogen-bond donors (Lipinski definition) is 2. The van der Waals surface area contributed by atoms with Crippen molar-refractivity contribution in [1.29, 1.82) is 0 Å². The Bertz CT molecular complexity index is 604. The van der Waals surface area contributed by atoms with E-state index in [0.29, 0.717) is 12.0 Å². The fourth-order valence-corrected chi connectivity index (χ4v) is 5.39. The summed E-state index contributed by atoms with van der Waals surface area (Å²) in [6.07, 6.45) is 0.579. The summed E-state index contributed by atoms with van der Waals surface area (Å²) in [5, 5.41) is 11.1. The molecule has 2 rings (SSSR count). The molecular weight excluding hydrogens is 281 g/mol. The van der Waals surface area contributed by atoms with Gasteiger partial charge in [-0.15, -0.1) is 0 Å². The fourth-order valence-electron chi connectivity index (χ4n) is 3.20. The highest BCUT2D eigenvalue weighted by Crippen LogP contribution is 2.49. The van der Waals surface area contributed by atoms with Gasteiger partial charge in [0.1, 0.15) is 5.82 Å². The zero-order valence-corrected chi connectivity index (χ0v) is 12.3. The Hall–Kier alpha value is -0.980. The molecule has 4 nitrogen and oxygen atoms in total. The molecule has 1 aromatic rings. The molecule has 1 fully saturated rings. The number of halogens is 1. The molecule has 0 amide bonds. The van der Waals surface area contributed by atoms with Crippen LogP contribution in [0, 0.1) is 11.2 Å².